The van der Waals surface area contributed by atoms with Crippen molar-refractivity contribution in [2.75, 3.05) is 6.61 Å². The first-order valence-electron chi connectivity index (χ1n) is 5.40. The van der Waals surface area contributed by atoms with Crippen LogP contribution in [0.15, 0.2) is 12.7 Å². The van der Waals surface area contributed by atoms with Crippen molar-refractivity contribution >= 4 is 5.91 Å². The second kappa shape index (κ2) is 5.60. The van der Waals surface area contributed by atoms with Crippen LogP contribution in [-0.2, 0) is 11.3 Å². The highest BCUT2D eigenvalue weighted by Crippen LogP contribution is 2.13. The molecule has 0 aliphatic rings. The van der Waals surface area contributed by atoms with Crippen molar-refractivity contribution < 1.29 is 9.90 Å². The molecule has 0 bridgehead atoms. The van der Waals surface area contributed by atoms with Crippen LogP contribution in [-0.4, -0.2) is 37.9 Å². The van der Waals surface area contributed by atoms with Gasteiger partial charge in [0.2, 0.25) is 5.91 Å². The summed E-state index contributed by atoms with van der Waals surface area (Å²) in [5, 5.41) is 16.0. The molecule has 0 saturated heterocycles. The zero-order chi connectivity index (χ0) is 12.0. The van der Waals surface area contributed by atoms with Crippen molar-refractivity contribution in [3.05, 3.63) is 12.7 Å². The molecule has 0 saturated carbocycles. The highest BCUT2D eigenvalue weighted by Gasteiger charge is 2.26. The van der Waals surface area contributed by atoms with Gasteiger partial charge in [0.05, 0.1) is 12.1 Å². The van der Waals surface area contributed by atoms with Crippen LogP contribution in [0.3, 0.4) is 0 Å². The summed E-state index contributed by atoms with van der Waals surface area (Å²) in [6.07, 6.45) is 4.26. The fourth-order valence-electron chi connectivity index (χ4n) is 1.49. The van der Waals surface area contributed by atoms with Crippen molar-refractivity contribution in [3.8, 4) is 0 Å². The molecule has 0 unspecified atom stereocenters. The Morgan fingerprint density at radius 2 is 2.19 bits per heavy atom. The van der Waals surface area contributed by atoms with Gasteiger partial charge in [0.25, 0.3) is 0 Å². The van der Waals surface area contributed by atoms with Gasteiger partial charge in [0.15, 0.2) is 0 Å². The Kier molecular flexibility index (Phi) is 4.42. The maximum atomic E-state index is 11.7. The molecule has 90 valence electrons. The summed E-state index contributed by atoms with van der Waals surface area (Å²) < 4.78 is 1.45. The SMILES string of the molecule is CCC(CC)(CO)NC(=O)Cn1cncn1. The summed E-state index contributed by atoms with van der Waals surface area (Å²) in [5.41, 5.74) is -0.516. The Bertz CT molecular complexity index is 311. The minimum atomic E-state index is -0.516. The van der Waals surface area contributed by atoms with E-state index in [1.165, 1.54) is 17.3 Å². The highest BCUT2D eigenvalue weighted by molar-refractivity contribution is 5.76. The molecule has 6 nitrogen and oxygen atoms in total. The van der Waals surface area contributed by atoms with Crippen LogP contribution in [0.2, 0.25) is 0 Å². The van der Waals surface area contributed by atoms with Gasteiger partial charge in [-0.2, -0.15) is 5.10 Å². The summed E-state index contributed by atoms with van der Waals surface area (Å²) >= 11 is 0. The van der Waals surface area contributed by atoms with Crippen LogP contribution in [0.25, 0.3) is 0 Å². The minimum absolute atomic E-state index is 0.0525. The number of nitrogens with zero attached hydrogens (tertiary/aromatic N) is 3. The third-order valence-corrected chi connectivity index (χ3v) is 2.83. The number of carbonyl (C=O) groups excluding carboxylic acids is 1. The van der Waals surface area contributed by atoms with E-state index in [2.05, 4.69) is 15.4 Å². The third kappa shape index (κ3) is 3.03. The van der Waals surface area contributed by atoms with Crippen molar-refractivity contribution in [2.24, 2.45) is 0 Å². The van der Waals surface area contributed by atoms with Gasteiger partial charge in [-0.3, -0.25) is 4.79 Å². The zero-order valence-corrected chi connectivity index (χ0v) is 9.68. The molecule has 1 rings (SSSR count). The van der Waals surface area contributed by atoms with Gasteiger partial charge in [-0.1, -0.05) is 13.8 Å². The molecule has 0 aromatic carbocycles. The Hall–Kier alpha value is -1.43. The molecular weight excluding hydrogens is 208 g/mol. The molecule has 0 aliphatic carbocycles. The Morgan fingerprint density at radius 3 is 2.62 bits per heavy atom. The fraction of sp³-hybridized carbons (Fsp3) is 0.700. The second-order valence-electron chi connectivity index (χ2n) is 3.79. The van der Waals surface area contributed by atoms with Crippen molar-refractivity contribution in [2.45, 2.75) is 38.8 Å². The van der Waals surface area contributed by atoms with E-state index < -0.39 is 5.54 Å². The highest BCUT2D eigenvalue weighted by atomic mass is 16.3. The number of amides is 1. The molecule has 1 aromatic rings. The summed E-state index contributed by atoms with van der Waals surface area (Å²) in [6, 6.07) is 0. The lowest BCUT2D eigenvalue weighted by Crippen LogP contribution is -2.51. The Labute approximate surface area is 94.7 Å². The molecule has 2 N–H and O–H groups in total. The Balaban J connectivity index is 2.55. The Morgan fingerprint density at radius 1 is 1.50 bits per heavy atom. The predicted octanol–water partition coefficient (Wildman–Crippen LogP) is -0.0546. The van der Waals surface area contributed by atoms with Gasteiger partial charge in [-0.15, -0.1) is 0 Å². The molecule has 1 heterocycles. The molecule has 6 heteroatoms. The fourth-order valence-corrected chi connectivity index (χ4v) is 1.49. The van der Waals surface area contributed by atoms with Crippen molar-refractivity contribution in [3.63, 3.8) is 0 Å². The average molecular weight is 226 g/mol. The van der Waals surface area contributed by atoms with Crippen LogP contribution >= 0.6 is 0 Å². The number of aliphatic hydroxyl groups is 1. The molecule has 0 aliphatic heterocycles. The number of hydrogen-bond donors (Lipinski definition) is 2. The molecule has 0 atom stereocenters. The number of hydrogen-bond acceptors (Lipinski definition) is 4. The van der Waals surface area contributed by atoms with Gasteiger partial charge in [0, 0.05) is 0 Å². The normalized spacial score (nSPS) is 11.4. The van der Waals surface area contributed by atoms with Gasteiger partial charge in [-0.05, 0) is 12.8 Å². The van der Waals surface area contributed by atoms with Crippen LogP contribution < -0.4 is 5.32 Å². The standard InChI is InChI=1S/C10H18N4O2/c1-3-10(4-2,6-15)13-9(16)5-14-8-11-7-12-14/h7-8,15H,3-6H2,1-2H3,(H,13,16). The van der Waals surface area contributed by atoms with Crippen LogP contribution in [0.1, 0.15) is 26.7 Å². The minimum Gasteiger partial charge on any atom is -0.394 e. The van der Waals surface area contributed by atoms with Crippen molar-refractivity contribution in [1.82, 2.24) is 20.1 Å². The van der Waals surface area contributed by atoms with Crippen LogP contribution in [0.4, 0.5) is 0 Å². The first-order valence-corrected chi connectivity index (χ1v) is 5.40. The van der Waals surface area contributed by atoms with E-state index >= 15 is 0 Å². The molecular formula is C10H18N4O2. The lowest BCUT2D eigenvalue weighted by Gasteiger charge is -2.30. The molecule has 0 radical (unpaired) electrons. The molecule has 1 amide bonds. The zero-order valence-electron chi connectivity index (χ0n) is 9.68. The summed E-state index contributed by atoms with van der Waals surface area (Å²) in [4.78, 5) is 15.4. The largest absolute Gasteiger partial charge is 0.394 e. The maximum absolute atomic E-state index is 11.7. The second-order valence-corrected chi connectivity index (χ2v) is 3.79. The quantitative estimate of drug-likeness (QED) is 0.712. The van der Waals surface area contributed by atoms with Gasteiger partial charge in [0.1, 0.15) is 19.2 Å². The monoisotopic (exact) mass is 226 g/mol. The van der Waals surface area contributed by atoms with Gasteiger partial charge < -0.3 is 10.4 Å². The third-order valence-electron chi connectivity index (χ3n) is 2.83. The first kappa shape index (κ1) is 12.6. The van der Waals surface area contributed by atoms with E-state index in [9.17, 15) is 9.90 Å². The smallest absolute Gasteiger partial charge is 0.242 e. The summed E-state index contributed by atoms with van der Waals surface area (Å²) in [5.74, 6) is -0.164. The van der Waals surface area contributed by atoms with E-state index in [-0.39, 0.29) is 19.1 Å². The molecule has 0 spiro atoms. The summed E-state index contributed by atoms with van der Waals surface area (Å²) in [7, 11) is 0. The number of nitrogens with one attached hydrogen (secondary N) is 1. The number of carbonyl (C=O) groups is 1. The topological polar surface area (TPSA) is 80.0 Å². The number of rotatable bonds is 6. The van der Waals surface area contributed by atoms with Crippen LogP contribution in [0.5, 0.6) is 0 Å². The van der Waals surface area contributed by atoms with E-state index in [1.54, 1.807) is 0 Å². The van der Waals surface area contributed by atoms with Gasteiger partial charge in [-0.25, -0.2) is 9.67 Å². The lowest BCUT2D eigenvalue weighted by molar-refractivity contribution is -0.124. The van der Waals surface area contributed by atoms with Crippen molar-refractivity contribution in [1.29, 1.82) is 0 Å². The maximum Gasteiger partial charge on any atom is 0.242 e. The summed E-state index contributed by atoms with van der Waals surface area (Å²) in [6.45, 7) is 3.95. The number of aromatic nitrogens is 3. The first-order chi connectivity index (χ1) is 7.65. The molecule has 16 heavy (non-hydrogen) atoms. The van der Waals surface area contributed by atoms with E-state index in [1.807, 2.05) is 13.8 Å². The van der Waals surface area contributed by atoms with E-state index in [4.69, 9.17) is 0 Å². The van der Waals surface area contributed by atoms with Gasteiger partial charge >= 0.3 is 0 Å². The van der Waals surface area contributed by atoms with Crippen LogP contribution in [0, 0.1) is 0 Å². The average Bonchev–Trinajstić information content (AvgIpc) is 2.79. The molecule has 1 aromatic heterocycles. The van der Waals surface area contributed by atoms with E-state index in [0.717, 1.165) is 0 Å². The predicted molar refractivity (Wildman–Crippen MR) is 58.6 cm³/mol. The lowest BCUT2D eigenvalue weighted by atomic mass is 9.94. The molecule has 0 fully saturated rings. The number of aliphatic hydroxyl groups excluding tert-OH is 1. The van der Waals surface area contributed by atoms with E-state index in [0.29, 0.717) is 12.8 Å².